The molecule has 1 unspecified atom stereocenters. The predicted molar refractivity (Wildman–Crippen MR) is 130 cm³/mol. The largest absolute Gasteiger partial charge is 0.292 e. The Kier molecular flexibility index (Phi) is 6.37. The number of aliphatic imine (C=N–C) groups is 1. The molecule has 0 radical (unpaired) electrons. The van der Waals surface area contributed by atoms with Gasteiger partial charge < -0.3 is 0 Å². The zero-order valence-corrected chi connectivity index (χ0v) is 18.8. The number of rotatable bonds is 6. The number of thioether (sulfide) groups is 1. The van der Waals surface area contributed by atoms with Gasteiger partial charge in [0.2, 0.25) is 0 Å². The quantitative estimate of drug-likeness (QED) is 0.381. The summed E-state index contributed by atoms with van der Waals surface area (Å²) in [5, 5.41) is 0. The van der Waals surface area contributed by atoms with Crippen LogP contribution in [0.2, 0.25) is 0 Å². The van der Waals surface area contributed by atoms with Gasteiger partial charge in [0.15, 0.2) is 0 Å². The standard InChI is InChI=1S/C26H27NS2/c1-4-18-11-13-20(14-12-18)21-15-22-24(5-2)29-26(25(22)23(16-21)27-3)28-17-19-9-7-6-8-10-19/h5-14,21H,2,4,15-17H2,1,3H3/b27-23+. The Morgan fingerprint density at radius 2 is 1.83 bits per heavy atom. The van der Waals surface area contributed by atoms with Crippen molar-refractivity contribution in [3.63, 3.8) is 0 Å². The maximum Gasteiger partial charge on any atom is 0.0701 e. The lowest BCUT2D eigenvalue weighted by atomic mass is 9.79. The van der Waals surface area contributed by atoms with Gasteiger partial charge in [-0.3, -0.25) is 4.99 Å². The van der Waals surface area contributed by atoms with E-state index in [1.54, 1.807) is 0 Å². The first-order valence-corrected chi connectivity index (χ1v) is 12.0. The van der Waals surface area contributed by atoms with Crippen molar-refractivity contribution in [2.24, 2.45) is 4.99 Å². The van der Waals surface area contributed by atoms with Crippen molar-refractivity contribution in [1.29, 1.82) is 0 Å². The van der Waals surface area contributed by atoms with Crippen LogP contribution >= 0.6 is 23.1 Å². The molecule has 0 spiro atoms. The Morgan fingerprint density at radius 3 is 2.48 bits per heavy atom. The van der Waals surface area contributed by atoms with Crippen LogP contribution in [0.15, 0.2) is 70.4 Å². The molecule has 4 rings (SSSR count). The fraction of sp³-hybridized carbons (Fsp3) is 0.269. The lowest BCUT2D eigenvalue weighted by Gasteiger charge is -2.26. The van der Waals surface area contributed by atoms with Crippen molar-refractivity contribution >= 4 is 34.9 Å². The van der Waals surface area contributed by atoms with E-state index < -0.39 is 0 Å². The summed E-state index contributed by atoms with van der Waals surface area (Å²) in [4.78, 5) is 6.05. The number of fused-ring (bicyclic) bond motifs is 1. The Morgan fingerprint density at radius 1 is 1.07 bits per heavy atom. The lowest BCUT2D eigenvalue weighted by molar-refractivity contribution is 0.695. The van der Waals surface area contributed by atoms with E-state index in [2.05, 4.69) is 68.1 Å². The van der Waals surface area contributed by atoms with Gasteiger partial charge in [0.05, 0.1) is 4.21 Å². The van der Waals surface area contributed by atoms with Crippen LogP contribution in [-0.2, 0) is 18.6 Å². The van der Waals surface area contributed by atoms with Crippen LogP contribution in [-0.4, -0.2) is 12.8 Å². The second-order valence-corrected chi connectivity index (χ2v) is 9.75. The molecule has 3 aromatic rings. The Bertz CT molecular complexity index is 1010. The van der Waals surface area contributed by atoms with E-state index in [4.69, 9.17) is 4.99 Å². The normalized spacial score (nSPS) is 17.3. The third-order valence-electron chi connectivity index (χ3n) is 5.71. The maximum absolute atomic E-state index is 4.74. The van der Waals surface area contributed by atoms with Crippen molar-refractivity contribution < 1.29 is 0 Å². The van der Waals surface area contributed by atoms with Crippen molar-refractivity contribution in [3.05, 3.63) is 93.9 Å². The summed E-state index contributed by atoms with van der Waals surface area (Å²) in [5.74, 6) is 1.48. The lowest BCUT2D eigenvalue weighted by Crippen LogP contribution is -2.19. The first kappa shape index (κ1) is 20.2. The molecule has 0 amide bonds. The number of benzene rings is 2. The van der Waals surface area contributed by atoms with E-state index in [1.807, 2.05) is 36.2 Å². The van der Waals surface area contributed by atoms with E-state index in [-0.39, 0.29) is 0 Å². The molecule has 0 fully saturated rings. The Balaban J connectivity index is 1.65. The van der Waals surface area contributed by atoms with Gasteiger partial charge in [-0.05, 0) is 47.4 Å². The van der Waals surface area contributed by atoms with Gasteiger partial charge in [0, 0.05) is 29.0 Å². The number of hydrogen-bond acceptors (Lipinski definition) is 3. The molecule has 148 valence electrons. The number of thiophene rings is 1. The van der Waals surface area contributed by atoms with Crippen LogP contribution in [0.4, 0.5) is 0 Å². The third-order valence-corrected chi connectivity index (χ3v) is 8.28. The second-order valence-electron chi connectivity index (χ2n) is 7.46. The van der Waals surface area contributed by atoms with E-state index in [0.717, 1.165) is 25.0 Å². The predicted octanol–water partition coefficient (Wildman–Crippen LogP) is 7.39. The Hall–Kier alpha value is -2.10. The van der Waals surface area contributed by atoms with Crippen LogP contribution in [0.1, 0.15) is 52.0 Å². The molecule has 0 bridgehead atoms. The molecule has 2 aromatic carbocycles. The van der Waals surface area contributed by atoms with Crippen LogP contribution < -0.4 is 0 Å². The van der Waals surface area contributed by atoms with Gasteiger partial charge in [-0.1, -0.05) is 74.2 Å². The van der Waals surface area contributed by atoms with Crippen molar-refractivity contribution in [2.45, 2.75) is 42.1 Å². The third kappa shape index (κ3) is 4.26. The first-order chi connectivity index (χ1) is 14.2. The van der Waals surface area contributed by atoms with Gasteiger partial charge >= 0.3 is 0 Å². The molecule has 1 nitrogen and oxygen atoms in total. The van der Waals surface area contributed by atoms with Gasteiger partial charge in [-0.25, -0.2) is 0 Å². The molecule has 1 heterocycles. The minimum absolute atomic E-state index is 0.493. The fourth-order valence-corrected chi connectivity index (χ4v) is 6.55. The van der Waals surface area contributed by atoms with E-state index >= 15 is 0 Å². The van der Waals surface area contributed by atoms with Crippen molar-refractivity contribution in [3.8, 4) is 0 Å². The maximum atomic E-state index is 4.74. The topological polar surface area (TPSA) is 12.4 Å². The van der Waals surface area contributed by atoms with E-state index in [1.165, 1.54) is 42.6 Å². The molecule has 1 atom stereocenters. The summed E-state index contributed by atoms with van der Waals surface area (Å²) in [5.41, 5.74) is 8.26. The van der Waals surface area contributed by atoms with Crippen LogP contribution in [0.25, 0.3) is 6.08 Å². The van der Waals surface area contributed by atoms with E-state index in [9.17, 15) is 0 Å². The molecule has 1 aromatic heterocycles. The smallest absolute Gasteiger partial charge is 0.0701 e. The second kappa shape index (κ2) is 9.15. The highest BCUT2D eigenvalue weighted by atomic mass is 32.2. The molecule has 0 saturated carbocycles. The van der Waals surface area contributed by atoms with Gasteiger partial charge in [-0.2, -0.15) is 0 Å². The Labute approximate surface area is 182 Å². The summed E-state index contributed by atoms with van der Waals surface area (Å²) < 4.78 is 1.39. The molecule has 3 heteroatoms. The molecular weight excluding hydrogens is 390 g/mol. The van der Waals surface area contributed by atoms with Crippen molar-refractivity contribution in [1.82, 2.24) is 0 Å². The molecule has 1 aliphatic rings. The van der Waals surface area contributed by atoms with Crippen molar-refractivity contribution in [2.75, 3.05) is 7.05 Å². The molecule has 1 aliphatic carbocycles. The summed E-state index contributed by atoms with van der Waals surface area (Å²) in [6.45, 7) is 6.31. The van der Waals surface area contributed by atoms with Crippen LogP contribution in [0.5, 0.6) is 0 Å². The minimum Gasteiger partial charge on any atom is -0.292 e. The molecular formula is C26H27NS2. The number of aryl methyl sites for hydroxylation is 1. The number of nitrogens with zero attached hydrogens (tertiary/aromatic N) is 1. The summed E-state index contributed by atoms with van der Waals surface area (Å²) in [7, 11) is 1.94. The SMILES string of the molecule is C=Cc1sc(SCc2ccccc2)c2c1CC(c1ccc(CC)cc1)C/C2=N\C. The summed E-state index contributed by atoms with van der Waals surface area (Å²) >= 11 is 3.82. The van der Waals surface area contributed by atoms with Crippen LogP contribution in [0.3, 0.4) is 0 Å². The van der Waals surface area contributed by atoms with E-state index in [0.29, 0.717) is 5.92 Å². The highest BCUT2D eigenvalue weighted by Gasteiger charge is 2.30. The van der Waals surface area contributed by atoms with Crippen LogP contribution in [0, 0.1) is 0 Å². The molecule has 0 N–H and O–H groups in total. The highest BCUT2D eigenvalue weighted by molar-refractivity contribution is 8.00. The first-order valence-electron chi connectivity index (χ1n) is 10.2. The monoisotopic (exact) mass is 417 g/mol. The number of hydrogen-bond donors (Lipinski definition) is 0. The van der Waals surface area contributed by atoms with Gasteiger partial charge in [-0.15, -0.1) is 23.1 Å². The zero-order chi connectivity index (χ0) is 20.2. The van der Waals surface area contributed by atoms with Gasteiger partial charge in [0.25, 0.3) is 0 Å². The van der Waals surface area contributed by atoms with Gasteiger partial charge in [0.1, 0.15) is 0 Å². The fourth-order valence-electron chi connectivity index (χ4n) is 4.06. The summed E-state index contributed by atoms with van der Waals surface area (Å²) in [6.07, 6.45) is 5.21. The molecule has 29 heavy (non-hydrogen) atoms. The average Bonchev–Trinajstić information content (AvgIpc) is 3.15. The molecule has 0 saturated heterocycles. The molecule has 0 aliphatic heterocycles. The highest BCUT2D eigenvalue weighted by Crippen LogP contribution is 2.45. The average molecular weight is 418 g/mol. The zero-order valence-electron chi connectivity index (χ0n) is 17.2. The minimum atomic E-state index is 0.493. The summed E-state index contributed by atoms with van der Waals surface area (Å²) in [6, 6.07) is 19.9.